The van der Waals surface area contributed by atoms with Gasteiger partial charge in [-0.15, -0.1) is 0 Å². The van der Waals surface area contributed by atoms with Crippen molar-refractivity contribution in [3.05, 3.63) is 34.6 Å². The van der Waals surface area contributed by atoms with E-state index in [4.69, 9.17) is 4.74 Å². The van der Waals surface area contributed by atoms with E-state index in [1.165, 1.54) is 0 Å². The van der Waals surface area contributed by atoms with Crippen LogP contribution in [0.4, 0.5) is 9.18 Å². The number of hydrogen-bond donors (Lipinski definition) is 1. The van der Waals surface area contributed by atoms with Gasteiger partial charge < -0.3 is 14.7 Å². The Labute approximate surface area is 189 Å². The molecule has 2 unspecified atom stereocenters. The first-order valence-corrected chi connectivity index (χ1v) is 11.9. The Hall–Kier alpha value is -2.15. The summed E-state index contributed by atoms with van der Waals surface area (Å²) < 4.78 is 20.3. The van der Waals surface area contributed by atoms with E-state index in [-0.39, 0.29) is 29.8 Å². The molecule has 0 spiro atoms. The van der Waals surface area contributed by atoms with Gasteiger partial charge in [-0.05, 0) is 88.5 Å². The molecule has 0 aromatic heterocycles. The molecule has 0 saturated carbocycles. The smallest absolute Gasteiger partial charge is 0.410 e. The molecule has 1 N–H and O–H groups in total. The molecule has 6 nitrogen and oxygen atoms in total. The fourth-order valence-corrected chi connectivity index (χ4v) is 5.90. The van der Waals surface area contributed by atoms with Gasteiger partial charge in [-0.25, -0.2) is 14.0 Å². The summed E-state index contributed by atoms with van der Waals surface area (Å²) in [6.45, 7) is 9.30. The van der Waals surface area contributed by atoms with Gasteiger partial charge in [0.1, 0.15) is 11.4 Å². The molecule has 7 heteroatoms. The Bertz CT molecular complexity index is 883. The average Bonchev–Trinajstić information content (AvgIpc) is 2.97. The minimum absolute atomic E-state index is 0.0138. The molecule has 3 aliphatic rings. The van der Waals surface area contributed by atoms with Crippen LogP contribution < -0.4 is 0 Å². The summed E-state index contributed by atoms with van der Waals surface area (Å²) in [6, 6.07) is 3.47. The number of nitrogens with zero attached hydrogens (tertiary/aromatic N) is 2. The summed E-state index contributed by atoms with van der Waals surface area (Å²) in [5, 5.41) is 9.32. The normalized spacial score (nSPS) is 27.8. The van der Waals surface area contributed by atoms with Crippen molar-refractivity contribution < 1.29 is 23.8 Å². The highest BCUT2D eigenvalue weighted by molar-refractivity contribution is 5.88. The van der Waals surface area contributed by atoms with E-state index in [9.17, 15) is 19.1 Å². The second kappa shape index (κ2) is 8.65. The molecule has 1 aromatic carbocycles. The zero-order chi connectivity index (χ0) is 23.2. The summed E-state index contributed by atoms with van der Waals surface area (Å²) in [5.41, 5.74) is 0.978. The van der Waals surface area contributed by atoms with Gasteiger partial charge in [0.15, 0.2) is 0 Å². The fourth-order valence-electron chi connectivity index (χ4n) is 5.90. The molecule has 1 aromatic rings. The Morgan fingerprint density at radius 2 is 1.84 bits per heavy atom. The zero-order valence-corrected chi connectivity index (χ0v) is 19.6. The Balaban J connectivity index is 1.46. The van der Waals surface area contributed by atoms with Crippen LogP contribution in [-0.4, -0.2) is 57.2 Å². The molecular formula is C25H35FN2O4. The number of aromatic carboxylic acids is 1. The topological polar surface area (TPSA) is 70.1 Å². The molecule has 0 radical (unpaired) electrons. The minimum atomic E-state index is -1.10. The SMILES string of the molecule is CC[C@H]1Cc2c(F)cc(C(=O)O)cc2CN1CC1CC2CCC(C1)N2C(=O)OC(C)(C)C. The molecule has 1 amide bonds. The lowest BCUT2D eigenvalue weighted by Gasteiger charge is -2.43. The van der Waals surface area contributed by atoms with Crippen LogP contribution in [0, 0.1) is 11.7 Å². The standard InChI is InChI=1S/C25H35FN2O4/c1-5-18-12-21-17(10-16(23(29)30)11-22(21)26)14-27(18)13-15-8-19-6-7-20(9-15)28(19)24(31)32-25(2,3)4/h10-11,15,18-20H,5-9,12-14H2,1-4H3,(H,29,30)/t15?,18-,19?,20?/m0/s1. The monoisotopic (exact) mass is 446 g/mol. The van der Waals surface area contributed by atoms with Crippen molar-refractivity contribution in [1.82, 2.24) is 9.80 Å². The maximum Gasteiger partial charge on any atom is 0.410 e. The van der Waals surface area contributed by atoms with E-state index in [1.807, 2.05) is 25.7 Å². The van der Waals surface area contributed by atoms with Crippen LogP contribution in [0.15, 0.2) is 12.1 Å². The van der Waals surface area contributed by atoms with Gasteiger partial charge in [-0.2, -0.15) is 0 Å². The number of ether oxygens (including phenoxy) is 1. The lowest BCUT2D eigenvalue weighted by molar-refractivity contribution is -0.00216. The van der Waals surface area contributed by atoms with Crippen molar-refractivity contribution in [2.75, 3.05) is 6.54 Å². The molecule has 3 atom stereocenters. The average molecular weight is 447 g/mol. The van der Waals surface area contributed by atoms with Crippen LogP contribution in [0.3, 0.4) is 0 Å². The minimum Gasteiger partial charge on any atom is -0.478 e. The number of halogens is 1. The summed E-state index contributed by atoms with van der Waals surface area (Å²) in [4.78, 5) is 28.5. The van der Waals surface area contributed by atoms with Gasteiger partial charge in [0, 0.05) is 31.2 Å². The van der Waals surface area contributed by atoms with E-state index < -0.39 is 17.4 Å². The highest BCUT2D eigenvalue weighted by Crippen LogP contribution is 2.41. The van der Waals surface area contributed by atoms with Crippen LogP contribution in [0.5, 0.6) is 0 Å². The number of carbonyl (C=O) groups excluding carboxylic acids is 1. The largest absolute Gasteiger partial charge is 0.478 e. The number of benzene rings is 1. The highest BCUT2D eigenvalue weighted by atomic mass is 19.1. The van der Waals surface area contributed by atoms with Crippen molar-refractivity contribution in [2.24, 2.45) is 5.92 Å². The van der Waals surface area contributed by atoms with Gasteiger partial charge >= 0.3 is 12.1 Å². The predicted octanol–water partition coefficient (Wildman–Crippen LogP) is 4.84. The van der Waals surface area contributed by atoms with Gasteiger partial charge in [0.2, 0.25) is 0 Å². The van der Waals surface area contributed by atoms with Gasteiger partial charge in [-0.1, -0.05) is 6.92 Å². The molecule has 0 aliphatic carbocycles. The maximum atomic E-state index is 14.6. The Kier molecular flexibility index (Phi) is 6.23. The van der Waals surface area contributed by atoms with Gasteiger partial charge in [0.05, 0.1) is 5.56 Å². The van der Waals surface area contributed by atoms with Crippen molar-refractivity contribution >= 4 is 12.1 Å². The Morgan fingerprint density at radius 3 is 2.41 bits per heavy atom. The van der Waals surface area contributed by atoms with Crippen molar-refractivity contribution in [2.45, 2.75) is 96.5 Å². The molecule has 3 heterocycles. The summed E-state index contributed by atoms with van der Waals surface area (Å²) in [7, 11) is 0. The molecule has 3 aliphatic heterocycles. The molecule has 2 fully saturated rings. The first-order valence-electron chi connectivity index (χ1n) is 11.9. The molecular weight excluding hydrogens is 411 g/mol. The number of carboxylic acid groups (broad SMARTS) is 1. The molecule has 2 saturated heterocycles. The number of fused-ring (bicyclic) bond motifs is 3. The van der Waals surface area contributed by atoms with Gasteiger partial charge in [-0.3, -0.25) is 4.90 Å². The first kappa shape index (κ1) is 23.0. The molecule has 4 rings (SSSR count). The quantitative estimate of drug-likeness (QED) is 0.717. The van der Waals surface area contributed by atoms with Crippen LogP contribution in [0.1, 0.15) is 81.3 Å². The van der Waals surface area contributed by atoms with Crippen molar-refractivity contribution in [1.29, 1.82) is 0 Å². The number of amides is 1. The van der Waals surface area contributed by atoms with E-state index in [1.54, 1.807) is 6.07 Å². The third-order valence-electron chi connectivity index (χ3n) is 7.26. The van der Waals surface area contributed by atoms with E-state index in [0.717, 1.165) is 50.3 Å². The van der Waals surface area contributed by atoms with Gasteiger partial charge in [0.25, 0.3) is 0 Å². The molecule has 176 valence electrons. The number of carbonyl (C=O) groups is 2. The maximum absolute atomic E-state index is 14.6. The van der Waals surface area contributed by atoms with Crippen molar-refractivity contribution in [3.8, 4) is 0 Å². The Morgan fingerprint density at radius 1 is 1.19 bits per heavy atom. The third kappa shape index (κ3) is 4.63. The van der Waals surface area contributed by atoms with Crippen LogP contribution in [-0.2, 0) is 17.7 Å². The lowest BCUT2D eigenvalue weighted by atomic mass is 9.86. The third-order valence-corrected chi connectivity index (χ3v) is 7.26. The summed E-state index contributed by atoms with van der Waals surface area (Å²) >= 11 is 0. The second-order valence-electron chi connectivity index (χ2n) is 10.7. The van der Waals surface area contributed by atoms with Crippen LogP contribution in [0.25, 0.3) is 0 Å². The van der Waals surface area contributed by atoms with E-state index in [2.05, 4.69) is 11.8 Å². The number of piperidine rings is 1. The highest BCUT2D eigenvalue weighted by Gasteiger charge is 2.45. The van der Waals surface area contributed by atoms with Crippen LogP contribution >= 0.6 is 0 Å². The van der Waals surface area contributed by atoms with E-state index >= 15 is 0 Å². The number of hydrogen-bond acceptors (Lipinski definition) is 4. The summed E-state index contributed by atoms with van der Waals surface area (Å²) in [5.74, 6) is -1.03. The number of carboxylic acids is 1. The second-order valence-corrected chi connectivity index (χ2v) is 10.7. The molecule has 32 heavy (non-hydrogen) atoms. The predicted molar refractivity (Wildman–Crippen MR) is 119 cm³/mol. The van der Waals surface area contributed by atoms with Crippen LogP contribution in [0.2, 0.25) is 0 Å². The first-order chi connectivity index (χ1) is 15.1. The zero-order valence-electron chi connectivity index (χ0n) is 19.6. The van der Waals surface area contributed by atoms with E-state index in [0.29, 0.717) is 24.4 Å². The number of rotatable bonds is 4. The molecule has 2 bridgehead atoms. The lowest BCUT2D eigenvalue weighted by Crippen LogP contribution is -2.51. The summed E-state index contributed by atoms with van der Waals surface area (Å²) in [6.07, 6.45) is 5.29. The van der Waals surface area contributed by atoms with Crippen molar-refractivity contribution in [3.63, 3.8) is 0 Å². The fraction of sp³-hybridized carbons (Fsp3) is 0.680.